The van der Waals surface area contributed by atoms with E-state index in [1.165, 1.54) is 18.3 Å². The van der Waals surface area contributed by atoms with Crippen molar-refractivity contribution >= 4 is 22.8 Å². The number of fused-ring (bicyclic) bond motifs is 1. The molecular weight excluding hydrogens is 312 g/mol. The van der Waals surface area contributed by atoms with Crippen LogP contribution in [0, 0.1) is 5.41 Å². The number of nitrogens with two attached hydrogens (primary N) is 1. The first kappa shape index (κ1) is 16.0. The average molecular weight is 330 g/mol. The minimum Gasteiger partial charge on any atom is -0.506 e. The fourth-order valence-electron chi connectivity index (χ4n) is 2.98. The molecule has 2 aromatic heterocycles. The second-order valence-electron chi connectivity index (χ2n) is 6.83. The van der Waals surface area contributed by atoms with Gasteiger partial charge < -0.3 is 15.7 Å². The lowest BCUT2D eigenvalue weighted by atomic mass is 9.84. The molecule has 2 aromatic rings. The summed E-state index contributed by atoms with van der Waals surface area (Å²) in [7, 11) is 0. The first-order valence-electron chi connectivity index (χ1n) is 7.48. The molecule has 0 atom stereocenters. The van der Waals surface area contributed by atoms with Crippen LogP contribution in [-0.4, -0.2) is 44.5 Å². The van der Waals surface area contributed by atoms with Gasteiger partial charge in [0.2, 0.25) is 5.91 Å². The number of nitrogens with zero attached hydrogens (tertiary/aromatic N) is 3. The summed E-state index contributed by atoms with van der Waals surface area (Å²) in [5.74, 6) is -1.23. The molecule has 126 valence electrons. The van der Waals surface area contributed by atoms with E-state index in [2.05, 4.69) is 18.8 Å². The van der Waals surface area contributed by atoms with E-state index >= 15 is 0 Å². The molecule has 8 heteroatoms. The van der Waals surface area contributed by atoms with Crippen LogP contribution in [0.5, 0.6) is 5.75 Å². The first-order valence-corrected chi connectivity index (χ1v) is 7.48. The number of carbonyl (C=O) groups excluding carboxylic acids is 2. The van der Waals surface area contributed by atoms with Gasteiger partial charge in [0.05, 0.1) is 6.20 Å². The fourth-order valence-corrected chi connectivity index (χ4v) is 2.98. The van der Waals surface area contributed by atoms with Crippen molar-refractivity contribution in [3.63, 3.8) is 0 Å². The third kappa shape index (κ3) is 2.70. The zero-order valence-corrected chi connectivity index (χ0v) is 13.4. The normalized spacial score (nSPS) is 16.0. The van der Waals surface area contributed by atoms with Crippen molar-refractivity contribution in [2.45, 2.75) is 20.4 Å². The van der Waals surface area contributed by atoms with Gasteiger partial charge in [0, 0.05) is 18.5 Å². The molecule has 3 heterocycles. The molecule has 1 aliphatic rings. The van der Waals surface area contributed by atoms with E-state index in [-0.39, 0.29) is 34.8 Å². The van der Waals surface area contributed by atoms with Crippen molar-refractivity contribution < 1.29 is 14.7 Å². The van der Waals surface area contributed by atoms with Crippen molar-refractivity contribution in [2.24, 2.45) is 11.1 Å². The Balaban J connectivity index is 2.05. The molecule has 0 saturated carbocycles. The molecule has 0 unspecified atom stereocenters. The van der Waals surface area contributed by atoms with Gasteiger partial charge in [-0.2, -0.15) is 0 Å². The largest absolute Gasteiger partial charge is 0.506 e. The van der Waals surface area contributed by atoms with Gasteiger partial charge in [0.25, 0.3) is 11.5 Å². The molecule has 1 saturated heterocycles. The quantitative estimate of drug-likeness (QED) is 0.825. The van der Waals surface area contributed by atoms with Crippen LogP contribution in [0.15, 0.2) is 23.1 Å². The maximum atomic E-state index is 12.5. The predicted molar refractivity (Wildman–Crippen MR) is 86.5 cm³/mol. The van der Waals surface area contributed by atoms with Gasteiger partial charge in [0.1, 0.15) is 23.5 Å². The van der Waals surface area contributed by atoms with E-state index in [1.807, 2.05) is 0 Å². The zero-order valence-electron chi connectivity index (χ0n) is 13.4. The number of aromatic nitrogens is 2. The van der Waals surface area contributed by atoms with E-state index in [9.17, 15) is 19.5 Å². The first-order chi connectivity index (χ1) is 11.2. The number of hydrogen-bond acceptors (Lipinski definition) is 5. The fraction of sp³-hybridized carbons (Fsp3) is 0.375. The molecule has 3 N–H and O–H groups in total. The number of hydrogen-bond donors (Lipinski definition) is 2. The Bertz CT molecular complexity index is 908. The Hall–Kier alpha value is -2.90. The molecule has 24 heavy (non-hydrogen) atoms. The summed E-state index contributed by atoms with van der Waals surface area (Å²) in [6.07, 6.45) is 1.18. The molecule has 0 aliphatic carbocycles. The third-order valence-electron chi connectivity index (χ3n) is 4.06. The Labute approximate surface area is 137 Å². The number of amides is 2. The maximum Gasteiger partial charge on any atom is 0.265 e. The standard InChI is InChI=1S/C16H18N4O4/c1-16(2)7-19(8-16)12(22)6-20-14-9(3-10(21)5-18-14)4-11(13(17)23)15(20)24/h3-5,21H,6-8H2,1-2H3,(H2,17,23). The van der Waals surface area contributed by atoms with Crippen molar-refractivity contribution in [1.29, 1.82) is 0 Å². The van der Waals surface area contributed by atoms with Crippen LogP contribution in [0.4, 0.5) is 0 Å². The van der Waals surface area contributed by atoms with Gasteiger partial charge in [-0.3, -0.25) is 19.0 Å². The smallest absolute Gasteiger partial charge is 0.265 e. The molecule has 0 bridgehead atoms. The lowest BCUT2D eigenvalue weighted by Gasteiger charge is -2.45. The van der Waals surface area contributed by atoms with Crippen molar-refractivity contribution in [3.05, 3.63) is 34.2 Å². The van der Waals surface area contributed by atoms with Gasteiger partial charge in [-0.1, -0.05) is 13.8 Å². The minimum atomic E-state index is -0.892. The average Bonchev–Trinajstić information content (AvgIpc) is 2.46. The highest BCUT2D eigenvalue weighted by Crippen LogP contribution is 2.28. The number of primary amides is 1. The van der Waals surface area contributed by atoms with Gasteiger partial charge in [-0.25, -0.2) is 4.98 Å². The lowest BCUT2D eigenvalue weighted by Crippen LogP contribution is -2.56. The highest BCUT2D eigenvalue weighted by molar-refractivity contribution is 5.96. The van der Waals surface area contributed by atoms with Crippen molar-refractivity contribution in [1.82, 2.24) is 14.5 Å². The van der Waals surface area contributed by atoms with Crippen LogP contribution in [0.2, 0.25) is 0 Å². The topological polar surface area (TPSA) is 119 Å². The van der Waals surface area contributed by atoms with Crippen molar-refractivity contribution in [2.75, 3.05) is 13.1 Å². The van der Waals surface area contributed by atoms with E-state index in [1.54, 1.807) is 4.90 Å². The van der Waals surface area contributed by atoms with Crippen LogP contribution in [0.3, 0.4) is 0 Å². The van der Waals surface area contributed by atoms with Crippen LogP contribution in [-0.2, 0) is 11.3 Å². The van der Waals surface area contributed by atoms with E-state index < -0.39 is 11.5 Å². The SMILES string of the molecule is CC1(C)CN(C(=O)Cn2c(=O)c(C(N)=O)cc3cc(O)cnc32)C1. The Morgan fingerprint density at radius 3 is 2.58 bits per heavy atom. The van der Waals surface area contributed by atoms with E-state index in [4.69, 9.17) is 5.73 Å². The molecule has 3 rings (SSSR count). The molecule has 0 radical (unpaired) electrons. The second-order valence-corrected chi connectivity index (χ2v) is 6.83. The van der Waals surface area contributed by atoms with E-state index in [0.717, 1.165) is 4.57 Å². The molecule has 1 fully saturated rings. The zero-order chi connectivity index (χ0) is 17.6. The summed E-state index contributed by atoms with van der Waals surface area (Å²) in [5, 5.41) is 9.91. The number of aromatic hydroxyl groups is 1. The summed E-state index contributed by atoms with van der Waals surface area (Å²) in [6, 6.07) is 2.64. The summed E-state index contributed by atoms with van der Waals surface area (Å²) >= 11 is 0. The second kappa shape index (κ2) is 5.33. The number of likely N-dealkylation sites (tertiary alicyclic amines) is 1. The summed E-state index contributed by atoms with van der Waals surface area (Å²) < 4.78 is 1.13. The monoisotopic (exact) mass is 330 g/mol. The molecule has 2 amide bonds. The highest BCUT2D eigenvalue weighted by Gasteiger charge is 2.37. The molecule has 8 nitrogen and oxygen atoms in total. The van der Waals surface area contributed by atoms with Crippen LogP contribution in [0.25, 0.3) is 11.0 Å². The lowest BCUT2D eigenvalue weighted by molar-refractivity contribution is -0.142. The van der Waals surface area contributed by atoms with Gasteiger partial charge in [-0.15, -0.1) is 0 Å². The Morgan fingerprint density at radius 2 is 2.00 bits per heavy atom. The van der Waals surface area contributed by atoms with Crippen LogP contribution in [0.1, 0.15) is 24.2 Å². The third-order valence-corrected chi connectivity index (χ3v) is 4.06. The van der Waals surface area contributed by atoms with Crippen molar-refractivity contribution in [3.8, 4) is 5.75 Å². The van der Waals surface area contributed by atoms with Gasteiger partial charge >= 0.3 is 0 Å². The van der Waals surface area contributed by atoms with E-state index in [0.29, 0.717) is 18.5 Å². The Kier molecular flexibility index (Phi) is 3.55. The number of rotatable bonds is 3. The summed E-state index contributed by atoms with van der Waals surface area (Å²) in [5.41, 5.74) is 4.63. The highest BCUT2D eigenvalue weighted by atomic mass is 16.3. The Morgan fingerprint density at radius 1 is 1.33 bits per heavy atom. The minimum absolute atomic E-state index is 0.0712. The van der Waals surface area contributed by atoms with Crippen LogP contribution >= 0.6 is 0 Å². The summed E-state index contributed by atoms with van der Waals surface area (Å²) in [4.78, 5) is 42.1. The predicted octanol–water partition coefficient (Wildman–Crippen LogP) is 0.0694. The molecule has 1 aliphatic heterocycles. The van der Waals surface area contributed by atoms with Gasteiger partial charge in [0.15, 0.2) is 0 Å². The van der Waals surface area contributed by atoms with Gasteiger partial charge in [-0.05, 0) is 17.5 Å². The van der Waals surface area contributed by atoms with Crippen LogP contribution < -0.4 is 11.3 Å². The molecular formula is C16H18N4O4. The molecule has 0 spiro atoms. The summed E-state index contributed by atoms with van der Waals surface area (Å²) in [6.45, 7) is 5.10. The number of carbonyl (C=O) groups is 2. The maximum absolute atomic E-state index is 12.5. The number of pyridine rings is 2. The molecule has 0 aromatic carbocycles.